The van der Waals surface area contributed by atoms with Gasteiger partial charge in [0.25, 0.3) is 0 Å². The second-order valence-corrected chi connectivity index (χ2v) is 7.59. The Balaban J connectivity index is 1.74. The van der Waals surface area contributed by atoms with E-state index < -0.39 is 17.8 Å². The maximum absolute atomic E-state index is 13.1. The van der Waals surface area contributed by atoms with E-state index >= 15 is 0 Å². The molecule has 2 N–H and O–H groups in total. The van der Waals surface area contributed by atoms with Crippen LogP contribution < -0.4 is 15.4 Å². The number of para-hydroxylation sites is 1. The number of anilines is 2. The van der Waals surface area contributed by atoms with Gasteiger partial charge in [-0.05, 0) is 43.0 Å². The zero-order valence-electron chi connectivity index (χ0n) is 17.9. The number of hydrogen-bond donors (Lipinski definition) is 2. The minimum Gasteiger partial charge on any atom is -0.494 e. The number of rotatable bonds is 7. The number of carbonyl (C=O) groups is 1. The molecule has 10 heteroatoms. The van der Waals surface area contributed by atoms with Crippen LogP contribution in [-0.4, -0.2) is 28.1 Å². The van der Waals surface area contributed by atoms with Crippen LogP contribution in [0.15, 0.2) is 48.7 Å². The Bertz CT molecular complexity index is 1080. The maximum atomic E-state index is 13.1. The molecular weight excluding hydrogens is 423 g/mol. The van der Waals surface area contributed by atoms with Crippen molar-refractivity contribution in [1.82, 2.24) is 15.0 Å². The summed E-state index contributed by atoms with van der Waals surface area (Å²) in [5, 5.41) is 13.0. The molecule has 0 aliphatic rings. The minimum absolute atomic E-state index is 0.290. The van der Waals surface area contributed by atoms with Gasteiger partial charge in [0.1, 0.15) is 5.75 Å². The van der Waals surface area contributed by atoms with Crippen molar-refractivity contribution in [2.45, 2.75) is 32.9 Å². The van der Waals surface area contributed by atoms with Gasteiger partial charge < -0.3 is 15.4 Å². The van der Waals surface area contributed by atoms with Crippen molar-refractivity contribution in [3.05, 3.63) is 59.9 Å². The Labute approximate surface area is 183 Å². The lowest BCUT2D eigenvalue weighted by molar-refractivity contribution is -0.136. The fourth-order valence-corrected chi connectivity index (χ4v) is 3.02. The van der Waals surface area contributed by atoms with Crippen molar-refractivity contribution in [1.29, 1.82) is 0 Å². The number of carbonyl (C=O) groups excluding carboxylic acids is 1. The highest BCUT2D eigenvalue weighted by atomic mass is 19.4. The van der Waals surface area contributed by atoms with E-state index in [-0.39, 0.29) is 5.69 Å². The maximum Gasteiger partial charge on any atom is 0.418 e. The van der Waals surface area contributed by atoms with E-state index in [1.165, 1.54) is 25.3 Å². The third-order valence-electron chi connectivity index (χ3n) is 4.70. The molecule has 0 aliphatic heterocycles. The third-order valence-corrected chi connectivity index (χ3v) is 4.70. The molecular formula is C22H24F3N5O2. The lowest BCUT2D eigenvalue weighted by atomic mass is 10.1. The molecule has 0 unspecified atom stereocenters. The first kappa shape index (κ1) is 23.1. The zero-order chi connectivity index (χ0) is 23.3. The van der Waals surface area contributed by atoms with Gasteiger partial charge in [0.2, 0.25) is 0 Å². The van der Waals surface area contributed by atoms with Crippen LogP contribution in [0.2, 0.25) is 0 Å². The smallest absolute Gasteiger partial charge is 0.418 e. The monoisotopic (exact) mass is 447 g/mol. The number of aromatic nitrogens is 3. The number of nitrogens with zero attached hydrogens (tertiary/aromatic N) is 3. The average Bonchev–Trinajstić information content (AvgIpc) is 3.21. The third kappa shape index (κ3) is 5.77. The zero-order valence-corrected chi connectivity index (χ0v) is 17.9. The Kier molecular flexibility index (Phi) is 7.01. The standard InChI is InChI=1S/C22H24F3N5O2/c1-14(2)8-9-15-13-30(29-28-15)16-10-11-19(20(12-16)32-3)27-21(31)26-18-7-5-4-6-17(18)22(23,24)25/h4-7,10-14H,8-9H2,1-3H3,(H2,26,27,31). The fraction of sp³-hybridized carbons (Fsp3) is 0.318. The van der Waals surface area contributed by atoms with Gasteiger partial charge in [-0.2, -0.15) is 13.2 Å². The first-order valence-electron chi connectivity index (χ1n) is 10.0. The largest absolute Gasteiger partial charge is 0.494 e. The van der Waals surface area contributed by atoms with E-state index in [2.05, 4.69) is 34.8 Å². The van der Waals surface area contributed by atoms with Crippen molar-refractivity contribution < 1.29 is 22.7 Å². The minimum atomic E-state index is -4.59. The van der Waals surface area contributed by atoms with Gasteiger partial charge in [-0.25, -0.2) is 9.48 Å². The normalized spacial score (nSPS) is 11.5. The molecule has 0 aliphatic carbocycles. The summed E-state index contributed by atoms with van der Waals surface area (Å²) < 4.78 is 46.3. The number of ether oxygens (including phenoxy) is 1. The van der Waals surface area contributed by atoms with Crippen LogP contribution in [0.4, 0.5) is 29.3 Å². The number of aryl methyl sites for hydroxylation is 1. The van der Waals surface area contributed by atoms with E-state index in [9.17, 15) is 18.0 Å². The van der Waals surface area contributed by atoms with Gasteiger partial charge in [0, 0.05) is 6.07 Å². The van der Waals surface area contributed by atoms with E-state index in [0.717, 1.165) is 24.6 Å². The number of hydrogen-bond acceptors (Lipinski definition) is 4. The topological polar surface area (TPSA) is 81.1 Å². The molecule has 2 amide bonds. The van der Waals surface area contributed by atoms with Crippen LogP contribution in [0.5, 0.6) is 5.75 Å². The summed E-state index contributed by atoms with van der Waals surface area (Å²) >= 11 is 0. The highest BCUT2D eigenvalue weighted by molar-refractivity contribution is 6.01. The van der Waals surface area contributed by atoms with Gasteiger partial charge in [-0.1, -0.05) is 31.2 Å². The number of alkyl halides is 3. The van der Waals surface area contributed by atoms with E-state index in [1.54, 1.807) is 22.9 Å². The molecule has 7 nitrogen and oxygen atoms in total. The Morgan fingerprint density at radius 3 is 2.53 bits per heavy atom. The van der Waals surface area contributed by atoms with Crippen LogP contribution in [0.25, 0.3) is 5.69 Å². The molecule has 3 aromatic rings. The molecule has 0 saturated heterocycles. The molecule has 32 heavy (non-hydrogen) atoms. The van der Waals surface area contributed by atoms with E-state index in [1.807, 2.05) is 6.20 Å². The highest BCUT2D eigenvalue weighted by Crippen LogP contribution is 2.35. The predicted molar refractivity (Wildman–Crippen MR) is 115 cm³/mol. The van der Waals surface area contributed by atoms with Crippen molar-refractivity contribution in [3.63, 3.8) is 0 Å². The van der Waals surface area contributed by atoms with Gasteiger partial charge >= 0.3 is 12.2 Å². The lowest BCUT2D eigenvalue weighted by Gasteiger charge is -2.15. The summed E-state index contributed by atoms with van der Waals surface area (Å²) in [4.78, 5) is 12.3. The SMILES string of the molecule is COc1cc(-n2cc(CCC(C)C)nn2)ccc1NC(=O)Nc1ccccc1C(F)(F)F. The summed E-state index contributed by atoms with van der Waals surface area (Å²) in [6, 6.07) is 8.86. The fourth-order valence-electron chi connectivity index (χ4n) is 3.02. The van der Waals surface area contributed by atoms with Gasteiger partial charge in [0.05, 0.1) is 41.6 Å². The van der Waals surface area contributed by atoms with Crippen LogP contribution in [0, 0.1) is 5.92 Å². The number of nitrogens with one attached hydrogen (secondary N) is 2. The van der Waals surface area contributed by atoms with Crippen LogP contribution in [0.1, 0.15) is 31.5 Å². The summed E-state index contributed by atoms with van der Waals surface area (Å²) in [5.41, 5.74) is 0.543. The first-order chi connectivity index (χ1) is 15.2. The van der Waals surface area contributed by atoms with E-state index in [4.69, 9.17) is 4.74 Å². The molecule has 170 valence electrons. The predicted octanol–water partition coefficient (Wildman–Crippen LogP) is 5.53. The molecule has 0 atom stereocenters. The Hall–Kier alpha value is -3.56. The molecule has 3 rings (SSSR count). The van der Waals surface area contributed by atoms with Crippen molar-refractivity contribution in [3.8, 4) is 11.4 Å². The molecule has 1 aromatic heterocycles. The quantitative estimate of drug-likeness (QED) is 0.499. The van der Waals surface area contributed by atoms with Gasteiger partial charge in [0.15, 0.2) is 0 Å². The van der Waals surface area contributed by atoms with E-state index in [0.29, 0.717) is 23.0 Å². The Morgan fingerprint density at radius 1 is 1.12 bits per heavy atom. The molecule has 2 aromatic carbocycles. The number of amides is 2. The number of urea groups is 1. The molecule has 1 heterocycles. The number of benzene rings is 2. The first-order valence-corrected chi connectivity index (χ1v) is 10.0. The highest BCUT2D eigenvalue weighted by Gasteiger charge is 2.33. The molecule has 0 radical (unpaired) electrons. The summed E-state index contributed by atoms with van der Waals surface area (Å²) in [5.74, 6) is 0.876. The lowest BCUT2D eigenvalue weighted by Crippen LogP contribution is -2.22. The summed E-state index contributed by atoms with van der Waals surface area (Å²) in [6.07, 6.45) is -0.953. The van der Waals surface area contributed by atoms with Crippen LogP contribution in [-0.2, 0) is 12.6 Å². The van der Waals surface area contributed by atoms with Crippen LogP contribution >= 0.6 is 0 Å². The number of methoxy groups -OCH3 is 1. The van der Waals surface area contributed by atoms with Crippen molar-refractivity contribution in [2.24, 2.45) is 5.92 Å². The molecule has 0 fully saturated rings. The Morgan fingerprint density at radius 2 is 1.84 bits per heavy atom. The molecule has 0 saturated carbocycles. The van der Waals surface area contributed by atoms with Gasteiger partial charge in [-0.3, -0.25) is 0 Å². The van der Waals surface area contributed by atoms with Gasteiger partial charge in [-0.15, -0.1) is 5.10 Å². The second kappa shape index (κ2) is 9.71. The number of halogens is 3. The van der Waals surface area contributed by atoms with Crippen molar-refractivity contribution in [2.75, 3.05) is 17.7 Å². The average molecular weight is 447 g/mol. The summed E-state index contributed by atoms with van der Waals surface area (Å²) in [6.45, 7) is 4.28. The van der Waals surface area contributed by atoms with Crippen LogP contribution in [0.3, 0.4) is 0 Å². The molecule has 0 bridgehead atoms. The molecule has 0 spiro atoms. The summed E-state index contributed by atoms with van der Waals surface area (Å²) in [7, 11) is 1.43. The second-order valence-electron chi connectivity index (χ2n) is 7.59. The van der Waals surface area contributed by atoms with Crippen molar-refractivity contribution >= 4 is 17.4 Å².